The van der Waals surface area contributed by atoms with E-state index in [-0.39, 0.29) is 5.82 Å². The standard InChI is InChI=1S/C17H19FN2/c1-12-6-7-13-4-2-3-5-17(13)20(12)11-14-8-9-15(19)10-16(14)18/h2-5,8-10,12H,6-7,11,19H2,1H3. The lowest BCUT2D eigenvalue weighted by Crippen LogP contribution is -2.36. The Morgan fingerprint density at radius 2 is 2.05 bits per heavy atom. The summed E-state index contributed by atoms with van der Waals surface area (Å²) >= 11 is 0. The monoisotopic (exact) mass is 270 g/mol. The van der Waals surface area contributed by atoms with Crippen LogP contribution in [-0.4, -0.2) is 6.04 Å². The molecule has 0 saturated carbocycles. The summed E-state index contributed by atoms with van der Waals surface area (Å²) in [6.07, 6.45) is 2.20. The number of halogens is 1. The Morgan fingerprint density at radius 1 is 1.25 bits per heavy atom. The van der Waals surface area contributed by atoms with Gasteiger partial charge in [-0.15, -0.1) is 0 Å². The number of hydrogen-bond acceptors (Lipinski definition) is 2. The molecule has 1 heterocycles. The van der Waals surface area contributed by atoms with Crippen LogP contribution in [0, 0.1) is 5.82 Å². The third-order valence-electron chi connectivity index (χ3n) is 4.08. The van der Waals surface area contributed by atoms with E-state index in [1.807, 2.05) is 6.07 Å². The number of nitrogens with zero attached hydrogens (tertiary/aromatic N) is 1. The van der Waals surface area contributed by atoms with Crippen LogP contribution < -0.4 is 10.6 Å². The second kappa shape index (κ2) is 5.16. The molecular weight excluding hydrogens is 251 g/mol. The zero-order valence-electron chi connectivity index (χ0n) is 11.6. The predicted octanol–water partition coefficient (Wildman–Crippen LogP) is 3.75. The fourth-order valence-electron chi connectivity index (χ4n) is 2.88. The highest BCUT2D eigenvalue weighted by molar-refractivity contribution is 5.57. The summed E-state index contributed by atoms with van der Waals surface area (Å²) in [6, 6.07) is 13.8. The number of aryl methyl sites for hydroxylation is 1. The van der Waals surface area contributed by atoms with Crippen LogP contribution in [0.3, 0.4) is 0 Å². The molecule has 0 saturated heterocycles. The molecule has 0 aromatic heterocycles. The van der Waals surface area contributed by atoms with E-state index in [1.54, 1.807) is 12.1 Å². The van der Waals surface area contributed by atoms with Gasteiger partial charge in [0.2, 0.25) is 0 Å². The molecule has 0 spiro atoms. The molecule has 20 heavy (non-hydrogen) atoms. The Balaban J connectivity index is 1.93. The molecule has 0 fully saturated rings. The van der Waals surface area contributed by atoms with Gasteiger partial charge in [-0.2, -0.15) is 0 Å². The average Bonchev–Trinajstić information content (AvgIpc) is 2.44. The number of nitrogens with two attached hydrogens (primary N) is 1. The van der Waals surface area contributed by atoms with E-state index in [2.05, 4.69) is 30.0 Å². The summed E-state index contributed by atoms with van der Waals surface area (Å²) < 4.78 is 14.0. The van der Waals surface area contributed by atoms with Gasteiger partial charge in [0.25, 0.3) is 0 Å². The van der Waals surface area contributed by atoms with Crippen LogP contribution in [0.1, 0.15) is 24.5 Å². The molecule has 1 unspecified atom stereocenters. The molecule has 1 atom stereocenters. The van der Waals surface area contributed by atoms with Gasteiger partial charge in [0.05, 0.1) is 0 Å². The first kappa shape index (κ1) is 13.0. The van der Waals surface area contributed by atoms with E-state index >= 15 is 0 Å². The number of hydrogen-bond donors (Lipinski definition) is 1. The van der Waals surface area contributed by atoms with Crippen LogP contribution in [0.25, 0.3) is 0 Å². The largest absolute Gasteiger partial charge is 0.399 e. The fourth-order valence-corrected chi connectivity index (χ4v) is 2.88. The molecule has 2 aromatic carbocycles. The first-order valence-electron chi connectivity index (χ1n) is 7.03. The summed E-state index contributed by atoms with van der Waals surface area (Å²) in [5.74, 6) is -0.222. The van der Waals surface area contributed by atoms with Crippen LogP contribution >= 0.6 is 0 Å². The lowest BCUT2D eigenvalue weighted by atomic mass is 9.96. The van der Waals surface area contributed by atoms with Crippen molar-refractivity contribution in [2.24, 2.45) is 0 Å². The molecule has 0 radical (unpaired) electrons. The highest BCUT2D eigenvalue weighted by atomic mass is 19.1. The van der Waals surface area contributed by atoms with Crippen LogP contribution in [-0.2, 0) is 13.0 Å². The maximum Gasteiger partial charge on any atom is 0.130 e. The Kier molecular flexibility index (Phi) is 3.35. The van der Waals surface area contributed by atoms with Crippen molar-refractivity contribution in [1.82, 2.24) is 0 Å². The molecule has 1 aliphatic rings. The van der Waals surface area contributed by atoms with Gasteiger partial charge >= 0.3 is 0 Å². The third kappa shape index (κ3) is 2.36. The lowest BCUT2D eigenvalue weighted by molar-refractivity contribution is 0.543. The predicted molar refractivity (Wildman–Crippen MR) is 81.2 cm³/mol. The van der Waals surface area contributed by atoms with Crippen LogP contribution in [0.15, 0.2) is 42.5 Å². The topological polar surface area (TPSA) is 29.3 Å². The van der Waals surface area contributed by atoms with Crippen LogP contribution in [0.4, 0.5) is 15.8 Å². The number of benzene rings is 2. The van der Waals surface area contributed by atoms with Crippen molar-refractivity contribution in [3.63, 3.8) is 0 Å². The Morgan fingerprint density at radius 3 is 2.85 bits per heavy atom. The summed E-state index contributed by atoms with van der Waals surface area (Å²) in [6.45, 7) is 2.79. The normalized spacial score (nSPS) is 17.9. The van der Waals surface area contributed by atoms with Gasteiger partial charge < -0.3 is 10.6 Å². The molecule has 2 aromatic rings. The summed E-state index contributed by atoms with van der Waals surface area (Å²) in [5, 5.41) is 0. The molecule has 3 rings (SSSR count). The molecule has 0 bridgehead atoms. The zero-order chi connectivity index (χ0) is 14.1. The quantitative estimate of drug-likeness (QED) is 0.842. The van der Waals surface area contributed by atoms with Crippen molar-refractivity contribution in [3.05, 3.63) is 59.4 Å². The van der Waals surface area contributed by atoms with Crippen molar-refractivity contribution in [3.8, 4) is 0 Å². The minimum absolute atomic E-state index is 0.222. The molecule has 1 aliphatic heterocycles. The SMILES string of the molecule is CC1CCc2ccccc2N1Cc1ccc(N)cc1F. The first-order chi connectivity index (χ1) is 9.65. The van der Waals surface area contributed by atoms with Crippen molar-refractivity contribution >= 4 is 11.4 Å². The second-order valence-corrected chi connectivity index (χ2v) is 5.50. The van der Waals surface area contributed by atoms with E-state index in [9.17, 15) is 4.39 Å². The van der Waals surface area contributed by atoms with Crippen molar-refractivity contribution in [2.75, 3.05) is 10.6 Å². The molecule has 2 N–H and O–H groups in total. The van der Waals surface area contributed by atoms with E-state index in [0.29, 0.717) is 23.8 Å². The van der Waals surface area contributed by atoms with Gasteiger partial charge in [0, 0.05) is 29.5 Å². The molecular formula is C17H19FN2. The van der Waals surface area contributed by atoms with Gasteiger partial charge in [0.15, 0.2) is 0 Å². The van der Waals surface area contributed by atoms with Gasteiger partial charge in [-0.3, -0.25) is 0 Å². The molecule has 3 heteroatoms. The maximum absolute atomic E-state index is 14.0. The van der Waals surface area contributed by atoms with Crippen molar-refractivity contribution < 1.29 is 4.39 Å². The van der Waals surface area contributed by atoms with Gasteiger partial charge in [-0.1, -0.05) is 24.3 Å². The first-order valence-corrected chi connectivity index (χ1v) is 7.03. The number of para-hydroxylation sites is 1. The van der Waals surface area contributed by atoms with E-state index in [1.165, 1.54) is 17.3 Å². The van der Waals surface area contributed by atoms with Gasteiger partial charge in [0.1, 0.15) is 5.82 Å². The smallest absolute Gasteiger partial charge is 0.130 e. The minimum Gasteiger partial charge on any atom is -0.399 e. The fraction of sp³-hybridized carbons (Fsp3) is 0.294. The van der Waals surface area contributed by atoms with E-state index in [4.69, 9.17) is 5.73 Å². The summed E-state index contributed by atoms with van der Waals surface area (Å²) in [4.78, 5) is 2.29. The Bertz CT molecular complexity index is 624. The average molecular weight is 270 g/mol. The van der Waals surface area contributed by atoms with Crippen molar-refractivity contribution in [2.45, 2.75) is 32.4 Å². The van der Waals surface area contributed by atoms with E-state index in [0.717, 1.165) is 12.8 Å². The number of fused-ring (bicyclic) bond motifs is 1. The minimum atomic E-state index is -0.222. The summed E-state index contributed by atoms with van der Waals surface area (Å²) in [7, 11) is 0. The van der Waals surface area contributed by atoms with Crippen molar-refractivity contribution in [1.29, 1.82) is 0 Å². The highest BCUT2D eigenvalue weighted by Crippen LogP contribution is 2.32. The van der Waals surface area contributed by atoms with Crippen LogP contribution in [0.2, 0.25) is 0 Å². The third-order valence-corrected chi connectivity index (χ3v) is 4.08. The molecule has 0 aliphatic carbocycles. The summed E-state index contributed by atoms with van der Waals surface area (Å²) in [5.41, 5.74) is 9.35. The Labute approximate surface area is 119 Å². The second-order valence-electron chi connectivity index (χ2n) is 5.50. The zero-order valence-corrected chi connectivity index (χ0v) is 11.6. The number of nitrogen functional groups attached to an aromatic ring is 1. The maximum atomic E-state index is 14.0. The Hall–Kier alpha value is -2.03. The molecule has 2 nitrogen and oxygen atoms in total. The van der Waals surface area contributed by atoms with Gasteiger partial charge in [-0.05, 0) is 43.5 Å². The molecule has 104 valence electrons. The number of anilines is 2. The lowest BCUT2D eigenvalue weighted by Gasteiger charge is -2.37. The van der Waals surface area contributed by atoms with Gasteiger partial charge in [-0.25, -0.2) is 4.39 Å². The number of rotatable bonds is 2. The highest BCUT2D eigenvalue weighted by Gasteiger charge is 2.23. The van der Waals surface area contributed by atoms with E-state index < -0.39 is 0 Å². The molecule has 0 amide bonds. The van der Waals surface area contributed by atoms with Crippen LogP contribution in [0.5, 0.6) is 0 Å².